The number of carbonyl (C=O) groups excluding carboxylic acids is 2. The molecule has 2 amide bonds. The first-order valence-electron chi connectivity index (χ1n) is 9.65. The fourth-order valence-electron chi connectivity index (χ4n) is 3.73. The Labute approximate surface area is 179 Å². The van der Waals surface area contributed by atoms with Gasteiger partial charge in [0.1, 0.15) is 5.75 Å². The van der Waals surface area contributed by atoms with Crippen LogP contribution in [0.5, 0.6) is 5.75 Å². The van der Waals surface area contributed by atoms with E-state index in [0.717, 1.165) is 11.1 Å². The van der Waals surface area contributed by atoms with Crippen LogP contribution in [0.2, 0.25) is 5.02 Å². The van der Waals surface area contributed by atoms with E-state index in [1.807, 2.05) is 19.1 Å². The van der Waals surface area contributed by atoms with Gasteiger partial charge >= 0.3 is 0 Å². The molecule has 4 rings (SSSR count). The molecule has 0 bridgehead atoms. The standard InChI is InChI=1S/C22H22ClN3O4/c1-13-7-8-17(29-3)19(24-13)22(28)26-10-9-15(12-26)25(2)21(27)18-11-14-5-4-6-16(23)20(14)30-18/h4-8,11,15H,9-10,12H2,1-3H3. The van der Waals surface area contributed by atoms with Crippen molar-refractivity contribution < 1.29 is 18.7 Å². The Bertz CT molecular complexity index is 1130. The summed E-state index contributed by atoms with van der Waals surface area (Å²) >= 11 is 6.15. The van der Waals surface area contributed by atoms with Crippen molar-refractivity contribution >= 4 is 34.4 Å². The van der Waals surface area contributed by atoms with Gasteiger partial charge in [-0.3, -0.25) is 9.59 Å². The van der Waals surface area contributed by atoms with Gasteiger partial charge in [-0.1, -0.05) is 23.7 Å². The van der Waals surface area contributed by atoms with Crippen molar-refractivity contribution in [2.75, 3.05) is 27.2 Å². The van der Waals surface area contributed by atoms with E-state index in [0.29, 0.717) is 41.6 Å². The molecule has 30 heavy (non-hydrogen) atoms. The zero-order valence-corrected chi connectivity index (χ0v) is 17.8. The SMILES string of the molecule is COc1ccc(C)nc1C(=O)N1CCC(N(C)C(=O)c2cc3cccc(Cl)c3o2)C1. The molecular formula is C22H22ClN3O4. The van der Waals surface area contributed by atoms with E-state index in [2.05, 4.69) is 4.98 Å². The van der Waals surface area contributed by atoms with Gasteiger partial charge in [0, 0.05) is 31.2 Å². The van der Waals surface area contributed by atoms with Crippen LogP contribution in [0, 0.1) is 6.92 Å². The number of rotatable bonds is 4. The van der Waals surface area contributed by atoms with Crippen LogP contribution in [-0.2, 0) is 0 Å². The van der Waals surface area contributed by atoms with E-state index in [9.17, 15) is 9.59 Å². The molecule has 0 saturated carbocycles. The number of carbonyl (C=O) groups is 2. The Kier molecular flexibility index (Phi) is 5.39. The molecule has 1 aliphatic rings. The third-order valence-corrected chi connectivity index (χ3v) is 5.74. The normalized spacial score (nSPS) is 16.1. The van der Waals surface area contributed by atoms with Crippen molar-refractivity contribution in [3.8, 4) is 5.75 Å². The molecule has 0 N–H and O–H groups in total. The monoisotopic (exact) mass is 427 g/mol. The number of likely N-dealkylation sites (N-methyl/N-ethyl adjacent to an activating group) is 1. The Morgan fingerprint density at radius 2 is 2.10 bits per heavy atom. The van der Waals surface area contributed by atoms with Gasteiger partial charge in [-0.25, -0.2) is 4.98 Å². The summed E-state index contributed by atoms with van der Waals surface area (Å²) in [4.78, 5) is 33.6. The molecule has 1 aliphatic heterocycles. The van der Waals surface area contributed by atoms with Gasteiger partial charge in [0.2, 0.25) is 0 Å². The number of benzene rings is 1. The number of likely N-dealkylation sites (tertiary alicyclic amines) is 1. The van der Waals surface area contributed by atoms with Gasteiger partial charge in [0.15, 0.2) is 17.0 Å². The first kappa shape index (κ1) is 20.2. The van der Waals surface area contributed by atoms with E-state index < -0.39 is 0 Å². The summed E-state index contributed by atoms with van der Waals surface area (Å²) in [7, 11) is 3.24. The third kappa shape index (κ3) is 3.61. The molecular weight excluding hydrogens is 406 g/mol. The molecule has 156 valence electrons. The molecule has 1 fully saturated rings. The Morgan fingerprint density at radius 1 is 1.30 bits per heavy atom. The van der Waals surface area contributed by atoms with Crippen LogP contribution in [0.15, 0.2) is 40.8 Å². The van der Waals surface area contributed by atoms with Gasteiger partial charge in [0.05, 0.1) is 18.2 Å². The predicted molar refractivity (Wildman–Crippen MR) is 113 cm³/mol. The summed E-state index contributed by atoms with van der Waals surface area (Å²) in [6, 6.07) is 10.5. The molecule has 0 aliphatic carbocycles. The van der Waals surface area contributed by atoms with Crippen molar-refractivity contribution in [2.24, 2.45) is 0 Å². The van der Waals surface area contributed by atoms with Crippen LogP contribution in [0.4, 0.5) is 0 Å². The smallest absolute Gasteiger partial charge is 0.289 e. The fourth-order valence-corrected chi connectivity index (χ4v) is 3.95. The molecule has 2 aromatic heterocycles. The zero-order chi connectivity index (χ0) is 21.4. The second kappa shape index (κ2) is 7.99. The molecule has 1 unspecified atom stereocenters. The first-order valence-corrected chi connectivity index (χ1v) is 10.0. The van der Waals surface area contributed by atoms with Gasteiger partial charge in [-0.2, -0.15) is 0 Å². The minimum atomic E-state index is -0.243. The van der Waals surface area contributed by atoms with Gasteiger partial charge < -0.3 is 19.0 Å². The van der Waals surface area contributed by atoms with E-state index in [1.54, 1.807) is 41.1 Å². The summed E-state index contributed by atoms with van der Waals surface area (Å²) in [6.07, 6.45) is 0.670. The van der Waals surface area contributed by atoms with Crippen LogP contribution < -0.4 is 4.74 Å². The Hall–Kier alpha value is -3.06. The van der Waals surface area contributed by atoms with Crippen LogP contribution in [0.25, 0.3) is 11.0 Å². The molecule has 7 nitrogen and oxygen atoms in total. The van der Waals surface area contributed by atoms with Crippen molar-refractivity contribution in [3.05, 3.63) is 58.6 Å². The highest BCUT2D eigenvalue weighted by Crippen LogP contribution is 2.28. The van der Waals surface area contributed by atoms with Crippen molar-refractivity contribution in [1.29, 1.82) is 0 Å². The number of amides is 2. The molecule has 8 heteroatoms. The number of methoxy groups -OCH3 is 1. The van der Waals surface area contributed by atoms with Crippen LogP contribution in [-0.4, -0.2) is 59.9 Å². The highest BCUT2D eigenvalue weighted by molar-refractivity contribution is 6.34. The maximum atomic E-state index is 13.0. The van der Waals surface area contributed by atoms with E-state index in [1.165, 1.54) is 7.11 Å². The number of hydrogen-bond acceptors (Lipinski definition) is 5. The van der Waals surface area contributed by atoms with Gasteiger partial charge in [0.25, 0.3) is 11.8 Å². The van der Waals surface area contributed by atoms with E-state index in [4.69, 9.17) is 20.8 Å². The average molecular weight is 428 g/mol. The third-order valence-electron chi connectivity index (χ3n) is 5.45. The molecule has 1 aromatic carbocycles. The fraction of sp³-hybridized carbons (Fsp3) is 0.318. The molecule has 0 radical (unpaired) electrons. The highest BCUT2D eigenvalue weighted by atomic mass is 35.5. The maximum Gasteiger partial charge on any atom is 0.289 e. The predicted octanol–water partition coefficient (Wildman–Crippen LogP) is 3.78. The maximum absolute atomic E-state index is 13.0. The van der Waals surface area contributed by atoms with Crippen LogP contribution >= 0.6 is 11.6 Å². The van der Waals surface area contributed by atoms with Gasteiger partial charge in [-0.15, -0.1) is 0 Å². The second-order valence-corrected chi connectivity index (χ2v) is 7.79. The summed E-state index contributed by atoms with van der Waals surface area (Å²) < 4.78 is 11.0. The van der Waals surface area contributed by atoms with Crippen molar-refractivity contribution in [1.82, 2.24) is 14.8 Å². The lowest BCUT2D eigenvalue weighted by molar-refractivity contribution is 0.0677. The minimum absolute atomic E-state index is 0.124. The number of para-hydroxylation sites is 1. The van der Waals surface area contributed by atoms with Gasteiger partial charge in [-0.05, 0) is 37.6 Å². The second-order valence-electron chi connectivity index (χ2n) is 7.38. The lowest BCUT2D eigenvalue weighted by atomic mass is 10.2. The Balaban J connectivity index is 1.49. The topological polar surface area (TPSA) is 75.9 Å². The Morgan fingerprint density at radius 3 is 2.83 bits per heavy atom. The largest absolute Gasteiger partial charge is 0.494 e. The summed E-state index contributed by atoms with van der Waals surface area (Å²) in [5.41, 5.74) is 1.53. The number of ether oxygens (including phenoxy) is 1. The van der Waals surface area contributed by atoms with Crippen LogP contribution in [0.3, 0.4) is 0 Å². The lowest BCUT2D eigenvalue weighted by Gasteiger charge is -2.24. The van der Waals surface area contributed by atoms with Crippen LogP contribution in [0.1, 0.15) is 33.2 Å². The average Bonchev–Trinajstić information content (AvgIpc) is 3.40. The summed E-state index contributed by atoms with van der Waals surface area (Å²) in [6.45, 7) is 2.78. The first-order chi connectivity index (χ1) is 14.4. The molecule has 1 atom stereocenters. The lowest BCUT2D eigenvalue weighted by Crippen LogP contribution is -2.40. The molecule has 3 heterocycles. The van der Waals surface area contributed by atoms with Crippen molar-refractivity contribution in [3.63, 3.8) is 0 Å². The quantitative estimate of drug-likeness (QED) is 0.633. The number of halogens is 1. The molecule has 0 spiro atoms. The van der Waals surface area contributed by atoms with E-state index in [-0.39, 0.29) is 23.6 Å². The number of nitrogens with zero attached hydrogens (tertiary/aromatic N) is 3. The number of aryl methyl sites for hydroxylation is 1. The highest BCUT2D eigenvalue weighted by Gasteiger charge is 2.34. The van der Waals surface area contributed by atoms with Crippen molar-refractivity contribution in [2.45, 2.75) is 19.4 Å². The minimum Gasteiger partial charge on any atom is -0.494 e. The number of aromatic nitrogens is 1. The number of pyridine rings is 1. The molecule has 1 saturated heterocycles. The summed E-state index contributed by atoms with van der Waals surface area (Å²) in [5.74, 6) is 0.229. The molecule has 3 aromatic rings. The zero-order valence-electron chi connectivity index (χ0n) is 17.0. The number of hydrogen-bond donors (Lipinski definition) is 0. The van der Waals surface area contributed by atoms with E-state index >= 15 is 0 Å². The number of furan rings is 1. The summed E-state index contributed by atoms with van der Waals surface area (Å²) in [5, 5.41) is 1.24. The number of fused-ring (bicyclic) bond motifs is 1.